The van der Waals surface area contributed by atoms with Crippen LogP contribution in [-0.4, -0.2) is 38.2 Å². The van der Waals surface area contributed by atoms with Crippen molar-refractivity contribution in [1.82, 2.24) is 0 Å². The number of methoxy groups -OCH3 is 1. The standard InChI is InChI=1S/C16H24O6/c1-5-21-15(18)12-8-7-11(10(3)14(17)20-4)9-13(12)16(19)22-6-2/h7-8,10-13H,5-6,9H2,1-4H3/t10-,11+,12-,13-/m1/s1. The fourth-order valence-electron chi connectivity index (χ4n) is 2.62. The number of ether oxygens (including phenoxy) is 3. The zero-order valence-electron chi connectivity index (χ0n) is 13.5. The van der Waals surface area contributed by atoms with Gasteiger partial charge in [0, 0.05) is 0 Å². The molecule has 0 heterocycles. The van der Waals surface area contributed by atoms with Crippen molar-refractivity contribution in [1.29, 1.82) is 0 Å². The van der Waals surface area contributed by atoms with Gasteiger partial charge >= 0.3 is 17.9 Å². The fraction of sp³-hybridized carbons (Fsp3) is 0.688. The summed E-state index contributed by atoms with van der Waals surface area (Å²) in [4.78, 5) is 35.8. The number of hydrogen-bond acceptors (Lipinski definition) is 6. The van der Waals surface area contributed by atoms with Gasteiger partial charge in [-0.3, -0.25) is 14.4 Å². The molecule has 0 N–H and O–H groups in total. The number of rotatable bonds is 6. The molecular formula is C16H24O6. The van der Waals surface area contributed by atoms with Crippen molar-refractivity contribution in [3.63, 3.8) is 0 Å². The second-order valence-electron chi connectivity index (χ2n) is 5.23. The molecule has 0 spiro atoms. The van der Waals surface area contributed by atoms with Gasteiger partial charge in [-0.1, -0.05) is 19.1 Å². The predicted octanol–water partition coefficient (Wildman–Crippen LogP) is 1.73. The van der Waals surface area contributed by atoms with E-state index in [1.807, 2.05) is 0 Å². The van der Waals surface area contributed by atoms with Gasteiger partial charge in [-0.05, 0) is 26.2 Å². The Morgan fingerprint density at radius 2 is 1.68 bits per heavy atom. The highest BCUT2D eigenvalue weighted by Crippen LogP contribution is 2.34. The zero-order valence-corrected chi connectivity index (χ0v) is 13.5. The molecule has 6 heteroatoms. The van der Waals surface area contributed by atoms with E-state index in [0.29, 0.717) is 6.42 Å². The maximum Gasteiger partial charge on any atom is 0.313 e. The topological polar surface area (TPSA) is 78.9 Å². The molecule has 0 saturated heterocycles. The maximum absolute atomic E-state index is 12.1. The van der Waals surface area contributed by atoms with Crippen LogP contribution in [-0.2, 0) is 28.6 Å². The quantitative estimate of drug-likeness (QED) is 0.422. The van der Waals surface area contributed by atoms with E-state index in [9.17, 15) is 14.4 Å². The Morgan fingerprint density at radius 1 is 1.09 bits per heavy atom. The van der Waals surface area contributed by atoms with Gasteiger partial charge in [-0.15, -0.1) is 0 Å². The highest BCUT2D eigenvalue weighted by molar-refractivity contribution is 5.84. The molecule has 0 aromatic carbocycles. The lowest BCUT2D eigenvalue weighted by Gasteiger charge is -2.31. The zero-order chi connectivity index (χ0) is 16.7. The molecule has 0 bridgehead atoms. The summed E-state index contributed by atoms with van der Waals surface area (Å²) < 4.78 is 14.8. The highest BCUT2D eigenvalue weighted by Gasteiger charge is 2.40. The monoisotopic (exact) mass is 312 g/mol. The summed E-state index contributed by atoms with van der Waals surface area (Å²) in [6.45, 7) is 5.66. The van der Waals surface area contributed by atoms with Gasteiger partial charge in [-0.2, -0.15) is 0 Å². The molecule has 22 heavy (non-hydrogen) atoms. The van der Waals surface area contributed by atoms with Crippen LogP contribution in [0.1, 0.15) is 27.2 Å². The van der Waals surface area contributed by atoms with Gasteiger partial charge in [-0.25, -0.2) is 0 Å². The van der Waals surface area contributed by atoms with E-state index < -0.39 is 23.8 Å². The van der Waals surface area contributed by atoms with Crippen molar-refractivity contribution in [3.05, 3.63) is 12.2 Å². The summed E-state index contributed by atoms with van der Waals surface area (Å²) in [5.41, 5.74) is 0. The molecule has 6 nitrogen and oxygen atoms in total. The van der Waals surface area contributed by atoms with Crippen LogP contribution in [0, 0.1) is 23.7 Å². The molecule has 0 aromatic heterocycles. The summed E-state index contributed by atoms with van der Waals surface area (Å²) in [5.74, 6) is -3.09. The minimum atomic E-state index is -0.667. The van der Waals surface area contributed by atoms with Crippen molar-refractivity contribution >= 4 is 17.9 Å². The van der Waals surface area contributed by atoms with Crippen molar-refractivity contribution in [3.8, 4) is 0 Å². The molecule has 0 amide bonds. The SMILES string of the molecule is CCOC(=O)[C@@H]1C=C[C@H]([C@@H](C)C(=O)OC)C[C@H]1C(=O)OCC. The number of esters is 3. The van der Waals surface area contributed by atoms with Gasteiger partial charge < -0.3 is 14.2 Å². The minimum Gasteiger partial charge on any atom is -0.469 e. The lowest BCUT2D eigenvalue weighted by molar-refractivity contribution is -0.160. The molecule has 1 rings (SSSR count). The molecule has 0 unspecified atom stereocenters. The molecule has 0 radical (unpaired) electrons. The Balaban J connectivity index is 2.95. The van der Waals surface area contributed by atoms with Crippen molar-refractivity contribution < 1.29 is 28.6 Å². The van der Waals surface area contributed by atoms with E-state index in [1.54, 1.807) is 32.9 Å². The van der Waals surface area contributed by atoms with Gasteiger partial charge in [0.05, 0.1) is 38.1 Å². The highest BCUT2D eigenvalue weighted by atomic mass is 16.5. The molecule has 0 fully saturated rings. The van der Waals surface area contributed by atoms with Crippen LogP contribution in [0.25, 0.3) is 0 Å². The first-order chi connectivity index (χ1) is 10.5. The first kappa shape index (κ1) is 18.2. The fourth-order valence-corrected chi connectivity index (χ4v) is 2.62. The first-order valence-corrected chi connectivity index (χ1v) is 7.55. The van der Waals surface area contributed by atoms with Crippen LogP contribution in [0.4, 0.5) is 0 Å². The average molecular weight is 312 g/mol. The van der Waals surface area contributed by atoms with Crippen molar-refractivity contribution in [2.45, 2.75) is 27.2 Å². The predicted molar refractivity (Wildman–Crippen MR) is 78.7 cm³/mol. The Kier molecular flexibility index (Phi) is 7.08. The minimum absolute atomic E-state index is 0.174. The summed E-state index contributed by atoms with van der Waals surface area (Å²) in [6, 6.07) is 0. The summed E-state index contributed by atoms with van der Waals surface area (Å²) in [6.07, 6.45) is 3.79. The molecule has 4 atom stereocenters. The second kappa shape index (κ2) is 8.56. The van der Waals surface area contributed by atoms with Crippen LogP contribution < -0.4 is 0 Å². The number of allylic oxidation sites excluding steroid dienone is 1. The van der Waals surface area contributed by atoms with Crippen LogP contribution in [0.5, 0.6) is 0 Å². The molecule has 1 aliphatic rings. The summed E-state index contributed by atoms with van der Waals surface area (Å²) in [5, 5.41) is 0. The Labute approximate surface area is 130 Å². The molecule has 0 aromatic rings. The van der Waals surface area contributed by atoms with E-state index in [4.69, 9.17) is 14.2 Å². The van der Waals surface area contributed by atoms with Crippen LogP contribution >= 0.6 is 0 Å². The maximum atomic E-state index is 12.1. The van der Waals surface area contributed by atoms with E-state index in [0.717, 1.165) is 0 Å². The largest absolute Gasteiger partial charge is 0.469 e. The van der Waals surface area contributed by atoms with Gasteiger partial charge in [0.1, 0.15) is 0 Å². The first-order valence-electron chi connectivity index (χ1n) is 7.55. The van der Waals surface area contributed by atoms with E-state index in [-0.39, 0.29) is 31.0 Å². The van der Waals surface area contributed by atoms with E-state index in [2.05, 4.69) is 0 Å². The van der Waals surface area contributed by atoms with Gasteiger partial charge in [0.15, 0.2) is 0 Å². The summed E-state index contributed by atoms with van der Waals surface area (Å²) >= 11 is 0. The average Bonchev–Trinajstić information content (AvgIpc) is 2.53. The Hall–Kier alpha value is -1.85. The number of carbonyl (C=O) groups is 3. The van der Waals surface area contributed by atoms with Crippen LogP contribution in [0.3, 0.4) is 0 Å². The lowest BCUT2D eigenvalue weighted by atomic mass is 9.74. The van der Waals surface area contributed by atoms with E-state index in [1.165, 1.54) is 7.11 Å². The Morgan fingerprint density at radius 3 is 2.23 bits per heavy atom. The molecular weight excluding hydrogens is 288 g/mol. The third-order valence-corrected chi connectivity index (χ3v) is 3.89. The van der Waals surface area contributed by atoms with Gasteiger partial charge in [0.2, 0.25) is 0 Å². The molecule has 0 aliphatic heterocycles. The number of carbonyl (C=O) groups excluding carboxylic acids is 3. The second-order valence-corrected chi connectivity index (χ2v) is 5.23. The lowest BCUT2D eigenvalue weighted by Crippen LogP contribution is -2.37. The molecule has 0 saturated carbocycles. The smallest absolute Gasteiger partial charge is 0.313 e. The number of hydrogen-bond donors (Lipinski definition) is 0. The van der Waals surface area contributed by atoms with Crippen LogP contribution in [0.15, 0.2) is 12.2 Å². The van der Waals surface area contributed by atoms with Crippen molar-refractivity contribution in [2.75, 3.05) is 20.3 Å². The Bertz CT molecular complexity index is 442. The third-order valence-electron chi connectivity index (χ3n) is 3.89. The van der Waals surface area contributed by atoms with Crippen molar-refractivity contribution in [2.24, 2.45) is 23.7 Å². The van der Waals surface area contributed by atoms with Gasteiger partial charge in [0.25, 0.3) is 0 Å². The van der Waals surface area contributed by atoms with Crippen LogP contribution in [0.2, 0.25) is 0 Å². The van der Waals surface area contributed by atoms with E-state index >= 15 is 0 Å². The molecule has 124 valence electrons. The normalized spacial score (nSPS) is 25.2. The molecule has 1 aliphatic carbocycles. The summed E-state index contributed by atoms with van der Waals surface area (Å²) in [7, 11) is 1.33. The third kappa shape index (κ3) is 4.32.